The molecule has 0 fully saturated rings. The van der Waals surface area contributed by atoms with Gasteiger partial charge >= 0.3 is 6.36 Å². The van der Waals surface area contributed by atoms with Gasteiger partial charge in [0.25, 0.3) is 0 Å². The number of alkyl halides is 3. The Kier molecular flexibility index (Phi) is 6.78. The van der Waals surface area contributed by atoms with Crippen molar-refractivity contribution in [2.24, 2.45) is 0 Å². The zero-order valence-electron chi connectivity index (χ0n) is 15.8. The summed E-state index contributed by atoms with van der Waals surface area (Å²) in [7, 11) is -3.77. The molecule has 3 aromatic rings. The van der Waals surface area contributed by atoms with Crippen molar-refractivity contribution in [3.05, 3.63) is 78.6 Å². The van der Waals surface area contributed by atoms with E-state index in [1.807, 2.05) is 5.48 Å². The minimum Gasteiger partial charge on any atom is -0.457 e. The second kappa shape index (κ2) is 9.33. The molecule has 0 amide bonds. The number of halogens is 3. The Bertz CT molecular complexity index is 1090. The molecule has 31 heavy (non-hydrogen) atoms. The van der Waals surface area contributed by atoms with Gasteiger partial charge in [0, 0.05) is 6.20 Å². The van der Waals surface area contributed by atoms with Gasteiger partial charge in [-0.1, -0.05) is 6.07 Å². The van der Waals surface area contributed by atoms with Gasteiger partial charge in [0.2, 0.25) is 0 Å². The van der Waals surface area contributed by atoms with Crippen LogP contribution in [-0.2, 0) is 9.84 Å². The second-order valence-electron chi connectivity index (χ2n) is 6.31. The smallest absolute Gasteiger partial charge is 0.457 e. The third-order valence-corrected chi connectivity index (χ3v) is 5.83. The third kappa shape index (κ3) is 6.41. The van der Waals surface area contributed by atoms with Crippen molar-refractivity contribution >= 4 is 9.84 Å². The van der Waals surface area contributed by atoms with Gasteiger partial charge in [-0.3, -0.25) is 4.98 Å². The first-order chi connectivity index (χ1) is 14.7. The Morgan fingerprint density at radius 3 is 2.03 bits per heavy atom. The van der Waals surface area contributed by atoms with E-state index < -0.39 is 28.0 Å². The number of rotatable bonds is 8. The number of nitrogens with one attached hydrogen (secondary N) is 1. The predicted molar refractivity (Wildman–Crippen MR) is 104 cm³/mol. The van der Waals surface area contributed by atoms with E-state index in [4.69, 9.17) is 4.74 Å². The average Bonchev–Trinajstić information content (AvgIpc) is 2.73. The van der Waals surface area contributed by atoms with Crippen molar-refractivity contribution < 1.29 is 36.3 Å². The molecule has 0 spiro atoms. The van der Waals surface area contributed by atoms with E-state index in [9.17, 15) is 26.8 Å². The highest BCUT2D eigenvalue weighted by Crippen LogP contribution is 2.28. The summed E-state index contributed by atoms with van der Waals surface area (Å²) in [4.78, 5) is 4.04. The molecule has 2 N–H and O–H groups in total. The first-order valence-corrected chi connectivity index (χ1v) is 10.5. The Labute approximate surface area is 176 Å². The fourth-order valence-electron chi connectivity index (χ4n) is 2.65. The minimum absolute atomic E-state index is 0.00459. The highest BCUT2D eigenvalue weighted by atomic mass is 32.2. The molecule has 11 heteroatoms. The molecular weight excluding hydrogens is 437 g/mol. The molecule has 1 heterocycles. The molecule has 1 unspecified atom stereocenters. The van der Waals surface area contributed by atoms with Crippen molar-refractivity contribution in [2.45, 2.75) is 17.3 Å². The number of benzene rings is 2. The van der Waals surface area contributed by atoms with Gasteiger partial charge in [-0.2, -0.15) is 5.48 Å². The van der Waals surface area contributed by atoms with Crippen LogP contribution in [0.2, 0.25) is 0 Å². The number of pyridine rings is 1. The lowest BCUT2D eigenvalue weighted by atomic mass is 10.2. The van der Waals surface area contributed by atoms with Crippen molar-refractivity contribution in [1.29, 1.82) is 0 Å². The van der Waals surface area contributed by atoms with Crippen LogP contribution < -0.4 is 15.0 Å². The number of aromatic nitrogens is 1. The lowest BCUT2D eigenvalue weighted by Gasteiger charge is -2.15. The minimum atomic E-state index is -4.79. The Hall–Kier alpha value is -3.15. The van der Waals surface area contributed by atoms with E-state index in [1.54, 1.807) is 18.2 Å². The summed E-state index contributed by atoms with van der Waals surface area (Å²) in [5.74, 6) is -0.294. The number of hydroxylamine groups is 1. The van der Waals surface area contributed by atoms with Crippen molar-refractivity contribution in [3.8, 4) is 17.2 Å². The van der Waals surface area contributed by atoms with Crippen LogP contribution in [0, 0.1) is 0 Å². The standard InChI is InChI=1S/C20H17F3N2O5S/c21-20(22,23)30-16-6-4-14(5-7-16)29-15-8-10-17(11-9-15)31(27,28)13-19(25-26)18-3-1-2-12-24-18/h1-12,19,25-26H,13H2. The lowest BCUT2D eigenvalue weighted by Crippen LogP contribution is -2.26. The summed E-state index contributed by atoms with van der Waals surface area (Å²) in [5.41, 5.74) is 2.33. The largest absolute Gasteiger partial charge is 0.573 e. The second-order valence-corrected chi connectivity index (χ2v) is 8.34. The van der Waals surface area contributed by atoms with Gasteiger partial charge in [-0.05, 0) is 60.7 Å². The molecule has 0 aliphatic rings. The van der Waals surface area contributed by atoms with Gasteiger partial charge in [0.1, 0.15) is 17.2 Å². The number of hydrogen-bond donors (Lipinski definition) is 2. The number of hydrogen-bond acceptors (Lipinski definition) is 7. The maximum atomic E-state index is 12.7. The van der Waals surface area contributed by atoms with Crippen molar-refractivity contribution in [3.63, 3.8) is 0 Å². The quantitative estimate of drug-likeness (QED) is 0.491. The summed E-state index contributed by atoms with van der Waals surface area (Å²) >= 11 is 0. The fraction of sp³-hybridized carbons (Fsp3) is 0.150. The van der Waals surface area contributed by atoms with E-state index in [-0.39, 0.29) is 22.1 Å². The van der Waals surface area contributed by atoms with Gasteiger partial charge in [0.15, 0.2) is 9.84 Å². The molecule has 3 rings (SSSR count). The number of ether oxygens (including phenoxy) is 2. The van der Waals surface area contributed by atoms with Gasteiger partial charge in [-0.15, -0.1) is 13.2 Å². The zero-order chi connectivity index (χ0) is 22.5. The fourth-order valence-corrected chi connectivity index (χ4v) is 4.07. The maximum absolute atomic E-state index is 12.7. The molecule has 0 saturated heterocycles. The van der Waals surface area contributed by atoms with Gasteiger partial charge in [0.05, 0.1) is 22.4 Å². The molecule has 0 radical (unpaired) electrons. The van der Waals surface area contributed by atoms with Crippen LogP contribution >= 0.6 is 0 Å². The molecule has 0 aliphatic heterocycles. The monoisotopic (exact) mass is 454 g/mol. The molecule has 1 atom stereocenters. The summed E-state index contributed by atoms with van der Waals surface area (Å²) in [6.07, 6.45) is -3.30. The summed E-state index contributed by atoms with van der Waals surface area (Å²) in [6.45, 7) is 0. The topological polar surface area (TPSA) is 97.8 Å². The molecule has 164 valence electrons. The molecule has 7 nitrogen and oxygen atoms in total. The highest BCUT2D eigenvalue weighted by molar-refractivity contribution is 7.91. The zero-order valence-corrected chi connectivity index (χ0v) is 16.6. The van der Waals surface area contributed by atoms with Crippen LogP contribution in [0.25, 0.3) is 0 Å². The molecule has 0 saturated carbocycles. The van der Waals surface area contributed by atoms with E-state index in [1.165, 1.54) is 42.6 Å². The molecular formula is C20H17F3N2O5S. The Balaban J connectivity index is 1.67. The maximum Gasteiger partial charge on any atom is 0.573 e. The SMILES string of the molecule is O=S(=O)(CC(NO)c1ccccn1)c1ccc(Oc2ccc(OC(F)(F)F)cc2)cc1. The summed E-state index contributed by atoms with van der Waals surface area (Å²) in [6, 6.07) is 14.3. The number of sulfone groups is 1. The highest BCUT2D eigenvalue weighted by Gasteiger charge is 2.31. The van der Waals surface area contributed by atoms with E-state index in [0.29, 0.717) is 5.69 Å². The van der Waals surface area contributed by atoms with Crippen LogP contribution in [0.1, 0.15) is 11.7 Å². The first kappa shape index (κ1) is 22.5. The van der Waals surface area contributed by atoms with E-state index in [0.717, 1.165) is 12.1 Å². The lowest BCUT2D eigenvalue weighted by molar-refractivity contribution is -0.274. The first-order valence-electron chi connectivity index (χ1n) is 8.83. The molecule has 2 aromatic carbocycles. The molecule has 1 aromatic heterocycles. The van der Waals surface area contributed by atoms with E-state index >= 15 is 0 Å². The predicted octanol–water partition coefficient (Wildman–Crippen LogP) is 4.27. The van der Waals surface area contributed by atoms with Crippen LogP contribution in [0.15, 0.2) is 77.8 Å². The van der Waals surface area contributed by atoms with Gasteiger partial charge in [-0.25, -0.2) is 8.42 Å². The normalized spacial score (nSPS) is 12.9. The van der Waals surface area contributed by atoms with Crippen LogP contribution in [-0.4, -0.2) is 30.7 Å². The third-order valence-electron chi connectivity index (χ3n) is 4.06. The van der Waals surface area contributed by atoms with Crippen LogP contribution in [0.4, 0.5) is 13.2 Å². The van der Waals surface area contributed by atoms with Gasteiger partial charge < -0.3 is 14.7 Å². The Morgan fingerprint density at radius 1 is 0.935 bits per heavy atom. The summed E-state index contributed by atoms with van der Waals surface area (Å²) < 4.78 is 71.2. The van der Waals surface area contributed by atoms with Crippen molar-refractivity contribution in [2.75, 3.05) is 5.75 Å². The molecule has 0 aliphatic carbocycles. The Morgan fingerprint density at radius 2 is 1.52 bits per heavy atom. The number of nitrogens with zero attached hydrogens (tertiary/aromatic N) is 1. The van der Waals surface area contributed by atoms with Crippen LogP contribution in [0.5, 0.6) is 17.2 Å². The summed E-state index contributed by atoms with van der Waals surface area (Å²) in [5, 5.41) is 9.33. The van der Waals surface area contributed by atoms with Crippen LogP contribution in [0.3, 0.4) is 0 Å². The van der Waals surface area contributed by atoms with E-state index in [2.05, 4.69) is 9.72 Å². The molecule has 0 bridgehead atoms. The average molecular weight is 454 g/mol. The van der Waals surface area contributed by atoms with Crippen molar-refractivity contribution in [1.82, 2.24) is 10.5 Å².